The van der Waals surface area contributed by atoms with Gasteiger partial charge in [-0.05, 0) is 48.7 Å². The molecule has 2 aromatic heterocycles. The van der Waals surface area contributed by atoms with Crippen molar-refractivity contribution in [3.63, 3.8) is 0 Å². The molecule has 1 atom stereocenters. The summed E-state index contributed by atoms with van der Waals surface area (Å²) < 4.78 is 11.5. The topological polar surface area (TPSA) is 129 Å². The molecule has 9 nitrogen and oxygen atoms in total. The van der Waals surface area contributed by atoms with Crippen LogP contribution in [0.25, 0.3) is 11.6 Å². The van der Waals surface area contributed by atoms with Crippen molar-refractivity contribution in [3.05, 3.63) is 40.5 Å². The highest BCUT2D eigenvalue weighted by atomic mass is 79.9. The van der Waals surface area contributed by atoms with Crippen molar-refractivity contribution in [1.29, 1.82) is 0 Å². The number of halogens is 1. The van der Waals surface area contributed by atoms with Gasteiger partial charge in [0.15, 0.2) is 11.5 Å². The van der Waals surface area contributed by atoms with E-state index in [0.717, 1.165) is 5.57 Å². The summed E-state index contributed by atoms with van der Waals surface area (Å²) >= 11 is 3.25. The maximum absolute atomic E-state index is 11.8. The number of ether oxygens (including phenoxy) is 1. The molecule has 28 heavy (non-hydrogen) atoms. The summed E-state index contributed by atoms with van der Waals surface area (Å²) in [5.41, 5.74) is 6.65. The van der Waals surface area contributed by atoms with Crippen molar-refractivity contribution < 1.29 is 13.9 Å². The van der Waals surface area contributed by atoms with Crippen LogP contribution < -0.4 is 11.1 Å². The Labute approximate surface area is 170 Å². The monoisotopic (exact) mass is 448 g/mol. The summed E-state index contributed by atoms with van der Waals surface area (Å²) in [5, 5.41) is 10.9. The molecule has 1 amide bonds. The molecule has 0 bridgehead atoms. The van der Waals surface area contributed by atoms with E-state index >= 15 is 0 Å². The second-order valence-corrected chi connectivity index (χ2v) is 8.06. The summed E-state index contributed by atoms with van der Waals surface area (Å²) in [6, 6.07) is 0. The fourth-order valence-corrected chi connectivity index (χ4v) is 2.84. The van der Waals surface area contributed by atoms with Crippen molar-refractivity contribution in [2.24, 2.45) is 0 Å². The Balaban J connectivity index is 1.64. The van der Waals surface area contributed by atoms with E-state index in [-0.39, 0.29) is 17.6 Å². The molecular formula is C18H21BrN6O3. The Kier molecular flexibility index (Phi) is 5.78. The minimum Gasteiger partial charge on any atom is -0.444 e. The van der Waals surface area contributed by atoms with Crippen LogP contribution in [0, 0.1) is 0 Å². The summed E-state index contributed by atoms with van der Waals surface area (Å²) in [5.74, 6) is 0.746. The van der Waals surface area contributed by atoms with Gasteiger partial charge >= 0.3 is 6.09 Å². The maximum atomic E-state index is 11.8. The number of carbonyl (C=O) groups is 1. The van der Waals surface area contributed by atoms with Gasteiger partial charge in [0.1, 0.15) is 10.2 Å². The number of nitrogens with zero attached hydrogens (tertiary/aromatic N) is 4. The van der Waals surface area contributed by atoms with E-state index in [9.17, 15) is 4.79 Å². The summed E-state index contributed by atoms with van der Waals surface area (Å²) in [7, 11) is 0. The number of hydrogen-bond donors (Lipinski definition) is 2. The number of nitrogens with one attached hydrogen (secondary N) is 1. The predicted octanol–water partition coefficient (Wildman–Crippen LogP) is 3.37. The van der Waals surface area contributed by atoms with Gasteiger partial charge in [0, 0.05) is 6.54 Å². The van der Waals surface area contributed by atoms with Gasteiger partial charge in [-0.1, -0.05) is 18.2 Å². The van der Waals surface area contributed by atoms with Gasteiger partial charge in [-0.3, -0.25) is 0 Å². The smallest absolute Gasteiger partial charge is 0.407 e. The maximum Gasteiger partial charge on any atom is 0.407 e. The zero-order valence-corrected chi connectivity index (χ0v) is 17.4. The molecule has 0 radical (unpaired) electrons. The van der Waals surface area contributed by atoms with E-state index in [4.69, 9.17) is 14.9 Å². The highest BCUT2D eigenvalue weighted by Gasteiger charge is 2.23. The number of rotatable bonds is 4. The van der Waals surface area contributed by atoms with E-state index in [1.807, 2.05) is 39.0 Å². The standard InChI is InChI=1S/C18H21BrN6O3/c1-18(2,3)28-17(26)22-8-10-5-4-6-11(7-10)15-24-25-16(27-15)13-14(20)21-9-12(19)23-13/h4-6,9,11H,7-8H2,1-3H3,(H2,20,21)(H,22,26). The molecule has 0 fully saturated rings. The molecule has 0 saturated carbocycles. The fourth-order valence-electron chi connectivity index (χ4n) is 2.56. The summed E-state index contributed by atoms with van der Waals surface area (Å²) in [6.45, 7) is 5.84. The van der Waals surface area contributed by atoms with Crippen LogP contribution in [0.1, 0.15) is 39.0 Å². The van der Waals surface area contributed by atoms with E-state index in [1.165, 1.54) is 6.20 Å². The quantitative estimate of drug-likeness (QED) is 0.727. The van der Waals surface area contributed by atoms with Gasteiger partial charge in [0.05, 0.1) is 12.1 Å². The van der Waals surface area contributed by atoms with E-state index in [0.29, 0.717) is 29.2 Å². The summed E-state index contributed by atoms with van der Waals surface area (Å²) in [6.07, 6.45) is 7.48. The van der Waals surface area contributed by atoms with Gasteiger partial charge < -0.3 is 20.2 Å². The SMILES string of the molecule is CC(C)(C)OC(=O)NCC1=CC=CC(c2nnc(-c3nc(Br)cnc3N)o2)C1. The first-order chi connectivity index (χ1) is 13.2. The molecule has 10 heteroatoms. The largest absolute Gasteiger partial charge is 0.444 e. The van der Waals surface area contributed by atoms with E-state index in [2.05, 4.69) is 41.4 Å². The number of nitrogen functional groups attached to an aromatic ring is 1. The number of aromatic nitrogens is 4. The van der Waals surface area contributed by atoms with E-state index in [1.54, 1.807) is 0 Å². The van der Waals surface area contributed by atoms with Crippen LogP contribution in [0.15, 0.2) is 39.0 Å². The van der Waals surface area contributed by atoms with E-state index < -0.39 is 11.7 Å². The molecule has 0 aromatic carbocycles. The van der Waals surface area contributed by atoms with Crippen LogP contribution in [0.5, 0.6) is 0 Å². The van der Waals surface area contributed by atoms with Gasteiger partial charge in [-0.2, -0.15) is 0 Å². The highest BCUT2D eigenvalue weighted by Crippen LogP contribution is 2.30. The summed E-state index contributed by atoms with van der Waals surface area (Å²) in [4.78, 5) is 20.1. The molecule has 3 rings (SSSR count). The Morgan fingerprint density at radius 3 is 2.96 bits per heavy atom. The average molecular weight is 449 g/mol. The molecule has 2 heterocycles. The van der Waals surface area contributed by atoms with Crippen molar-refractivity contribution in [2.75, 3.05) is 12.3 Å². The molecule has 2 aromatic rings. The number of nitrogens with two attached hydrogens (primary N) is 1. The third kappa shape index (κ3) is 5.16. The second-order valence-electron chi connectivity index (χ2n) is 7.25. The third-order valence-electron chi connectivity index (χ3n) is 3.75. The van der Waals surface area contributed by atoms with Gasteiger partial charge in [0.2, 0.25) is 5.89 Å². The first kappa shape index (κ1) is 20.0. The normalized spacial score (nSPS) is 16.6. The predicted molar refractivity (Wildman–Crippen MR) is 106 cm³/mol. The van der Waals surface area contributed by atoms with Crippen LogP contribution in [0.4, 0.5) is 10.6 Å². The second kappa shape index (κ2) is 8.09. The number of amides is 1. The third-order valence-corrected chi connectivity index (χ3v) is 4.13. The molecule has 1 aliphatic carbocycles. The molecule has 1 aliphatic rings. The van der Waals surface area contributed by atoms with Gasteiger partial charge in [0.25, 0.3) is 5.89 Å². The lowest BCUT2D eigenvalue weighted by Gasteiger charge is -2.21. The lowest BCUT2D eigenvalue weighted by molar-refractivity contribution is 0.0532. The lowest BCUT2D eigenvalue weighted by Crippen LogP contribution is -2.33. The molecule has 0 aliphatic heterocycles. The van der Waals surface area contributed by atoms with Crippen LogP contribution >= 0.6 is 15.9 Å². The van der Waals surface area contributed by atoms with Crippen molar-refractivity contribution in [1.82, 2.24) is 25.5 Å². The average Bonchev–Trinajstić information content (AvgIpc) is 3.11. The highest BCUT2D eigenvalue weighted by molar-refractivity contribution is 9.10. The van der Waals surface area contributed by atoms with Gasteiger partial charge in [-0.25, -0.2) is 14.8 Å². The molecule has 1 unspecified atom stereocenters. The number of anilines is 1. The van der Waals surface area contributed by atoms with Crippen LogP contribution in [0.2, 0.25) is 0 Å². The molecule has 148 valence electrons. The number of alkyl carbamates (subject to hydrolysis) is 1. The number of allylic oxidation sites excluding steroid dienone is 3. The van der Waals surface area contributed by atoms with Crippen LogP contribution in [-0.4, -0.2) is 38.4 Å². The first-order valence-corrected chi connectivity index (χ1v) is 9.45. The Morgan fingerprint density at radius 2 is 2.21 bits per heavy atom. The Bertz CT molecular complexity index is 932. The number of hydrogen-bond acceptors (Lipinski definition) is 8. The van der Waals surface area contributed by atoms with Crippen LogP contribution in [-0.2, 0) is 4.74 Å². The van der Waals surface area contributed by atoms with Crippen molar-refractivity contribution in [3.8, 4) is 11.6 Å². The lowest BCUT2D eigenvalue weighted by atomic mass is 9.94. The fraction of sp³-hybridized carbons (Fsp3) is 0.389. The Hall–Kier alpha value is -2.75. The molecule has 0 saturated heterocycles. The molecule has 3 N–H and O–H groups in total. The zero-order valence-electron chi connectivity index (χ0n) is 15.8. The van der Waals surface area contributed by atoms with Crippen LogP contribution in [0.3, 0.4) is 0 Å². The van der Waals surface area contributed by atoms with Gasteiger partial charge in [-0.15, -0.1) is 10.2 Å². The zero-order chi connectivity index (χ0) is 20.3. The number of carbonyl (C=O) groups excluding carboxylic acids is 1. The molecule has 0 spiro atoms. The van der Waals surface area contributed by atoms with Crippen molar-refractivity contribution in [2.45, 2.75) is 38.7 Å². The minimum atomic E-state index is -0.537. The minimum absolute atomic E-state index is 0.108. The first-order valence-electron chi connectivity index (χ1n) is 8.66. The Morgan fingerprint density at radius 1 is 1.43 bits per heavy atom. The van der Waals surface area contributed by atoms with Crippen molar-refractivity contribution >= 4 is 27.8 Å². The molecular weight excluding hydrogens is 428 g/mol.